The van der Waals surface area contributed by atoms with Crippen molar-refractivity contribution in [2.45, 2.75) is 25.4 Å². The van der Waals surface area contributed by atoms with Crippen LogP contribution in [0.1, 0.15) is 24.5 Å². The summed E-state index contributed by atoms with van der Waals surface area (Å²) in [6.45, 7) is 3.10. The number of hydrogen-bond donors (Lipinski definition) is 1. The molecule has 5 rings (SSSR count). The molecule has 3 amide bonds. The summed E-state index contributed by atoms with van der Waals surface area (Å²) in [6.07, 6.45) is 0.801. The van der Waals surface area contributed by atoms with Crippen molar-refractivity contribution < 1.29 is 19.1 Å². The van der Waals surface area contributed by atoms with Crippen LogP contribution >= 0.6 is 0 Å². The van der Waals surface area contributed by atoms with Crippen LogP contribution in [-0.4, -0.2) is 30.1 Å². The highest BCUT2D eigenvalue weighted by Crippen LogP contribution is 2.37. The lowest BCUT2D eigenvalue weighted by Gasteiger charge is -2.23. The average molecular weight is 402 g/mol. The zero-order valence-electron chi connectivity index (χ0n) is 16.7. The molecule has 2 aliphatic rings. The summed E-state index contributed by atoms with van der Waals surface area (Å²) in [5.41, 5.74) is 0.442. The van der Waals surface area contributed by atoms with E-state index in [-0.39, 0.29) is 12.5 Å². The fraction of sp³-hybridized carbons (Fsp3) is 0.250. The van der Waals surface area contributed by atoms with Gasteiger partial charge in [-0.05, 0) is 41.0 Å². The van der Waals surface area contributed by atoms with E-state index in [1.54, 1.807) is 19.1 Å². The second-order valence-corrected chi connectivity index (χ2v) is 7.80. The molecule has 30 heavy (non-hydrogen) atoms. The first-order valence-electron chi connectivity index (χ1n) is 10.1. The highest BCUT2D eigenvalue weighted by molar-refractivity contribution is 6.07. The van der Waals surface area contributed by atoms with Crippen LogP contribution in [0.2, 0.25) is 0 Å². The van der Waals surface area contributed by atoms with E-state index in [2.05, 4.69) is 5.32 Å². The maximum Gasteiger partial charge on any atom is 0.325 e. The van der Waals surface area contributed by atoms with E-state index in [1.807, 2.05) is 48.5 Å². The predicted octanol–water partition coefficient (Wildman–Crippen LogP) is 3.97. The Morgan fingerprint density at radius 1 is 0.967 bits per heavy atom. The van der Waals surface area contributed by atoms with Crippen molar-refractivity contribution in [1.29, 1.82) is 0 Å². The van der Waals surface area contributed by atoms with Crippen molar-refractivity contribution in [3.05, 3.63) is 71.8 Å². The molecular weight excluding hydrogens is 380 g/mol. The number of benzene rings is 3. The van der Waals surface area contributed by atoms with Crippen LogP contribution in [0.3, 0.4) is 0 Å². The minimum Gasteiger partial charge on any atom is -0.490 e. The molecule has 1 fully saturated rings. The van der Waals surface area contributed by atoms with Gasteiger partial charge in [-0.15, -0.1) is 0 Å². The molecule has 0 spiro atoms. The minimum atomic E-state index is -1.16. The summed E-state index contributed by atoms with van der Waals surface area (Å²) in [5.74, 6) is 0.972. The summed E-state index contributed by atoms with van der Waals surface area (Å²) in [7, 11) is 0. The van der Waals surface area contributed by atoms with Crippen LogP contribution in [0.4, 0.5) is 4.79 Å². The van der Waals surface area contributed by atoms with Crippen molar-refractivity contribution in [1.82, 2.24) is 10.2 Å². The smallest absolute Gasteiger partial charge is 0.325 e. The van der Waals surface area contributed by atoms with Gasteiger partial charge in [0.25, 0.3) is 5.91 Å². The lowest BCUT2D eigenvalue weighted by atomic mass is 9.91. The van der Waals surface area contributed by atoms with Gasteiger partial charge in [-0.2, -0.15) is 0 Å². The lowest BCUT2D eigenvalue weighted by Crippen LogP contribution is -2.40. The molecule has 0 aliphatic carbocycles. The van der Waals surface area contributed by atoms with Gasteiger partial charge in [0, 0.05) is 6.42 Å². The molecule has 3 aromatic carbocycles. The summed E-state index contributed by atoms with van der Waals surface area (Å²) in [4.78, 5) is 27.5. The zero-order valence-corrected chi connectivity index (χ0v) is 16.7. The van der Waals surface area contributed by atoms with E-state index in [9.17, 15) is 9.59 Å². The molecule has 2 aliphatic heterocycles. The Morgan fingerprint density at radius 3 is 2.60 bits per heavy atom. The highest BCUT2D eigenvalue weighted by atomic mass is 16.5. The normalized spacial score (nSPS) is 20.9. The first-order valence-corrected chi connectivity index (χ1v) is 10.1. The van der Waals surface area contributed by atoms with Crippen molar-refractivity contribution in [3.63, 3.8) is 0 Å². The van der Waals surface area contributed by atoms with E-state index >= 15 is 0 Å². The Morgan fingerprint density at radius 2 is 1.73 bits per heavy atom. The quantitative estimate of drug-likeness (QED) is 0.673. The number of carbonyl (C=O) groups excluding carboxylic acids is 2. The SMILES string of the molecule is CC1(c2ccc3c(c2)OCCCO3)NC(=O)N(Cc2cccc3ccccc23)C1=O. The van der Waals surface area contributed by atoms with Crippen LogP contribution in [0.25, 0.3) is 10.8 Å². The molecule has 1 N–H and O–H groups in total. The molecule has 0 aromatic heterocycles. The van der Waals surface area contributed by atoms with E-state index in [1.165, 1.54) is 4.90 Å². The molecule has 2 heterocycles. The Balaban J connectivity index is 1.47. The summed E-state index contributed by atoms with van der Waals surface area (Å²) in [5, 5.41) is 4.99. The number of amides is 3. The highest BCUT2D eigenvalue weighted by Gasteiger charge is 2.49. The molecule has 6 heteroatoms. The van der Waals surface area contributed by atoms with Crippen molar-refractivity contribution >= 4 is 22.7 Å². The average Bonchev–Trinajstić information content (AvgIpc) is 2.93. The monoisotopic (exact) mass is 402 g/mol. The van der Waals surface area contributed by atoms with Crippen LogP contribution in [-0.2, 0) is 16.9 Å². The van der Waals surface area contributed by atoms with Crippen LogP contribution in [0.5, 0.6) is 11.5 Å². The second kappa shape index (κ2) is 7.06. The number of urea groups is 1. The number of ether oxygens (including phenoxy) is 2. The van der Waals surface area contributed by atoms with Gasteiger partial charge in [-0.3, -0.25) is 9.69 Å². The Kier molecular flexibility index (Phi) is 4.35. The molecule has 0 saturated carbocycles. The maximum absolute atomic E-state index is 13.4. The molecular formula is C24H22N2O4. The minimum absolute atomic E-state index is 0.214. The number of fused-ring (bicyclic) bond motifs is 2. The molecule has 1 saturated heterocycles. The number of nitrogens with zero attached hydrogens (tertiary/aromatic N) is 1. The van der Waals surface area contributed by atoms with Crippen molar-refractivity contribution in [2.24, 2.45) is 0 Å². The van der Waals surface area contributed by atoms with Gasteiger partial charge in [-0.25, -0.2) is 4.79 Å². The zero-order chi connectivity index (χ0) is 20.7. The number of imide groups is 1. The van der Waals surface area contributed by atoms with Crippen LogP contribution < -0.4 is 14.8 Å². The van der Waals surface area contributed by atoms with E-state index in [4.69, 9.17) is 9.47 Å². The molecule has 152 valence electrons. The first-order chi connectivity index (χ1) is 14.6. The van der Waals surface area contributed by atoms with Crippen LogP contribution in [0, 0.1) is 0 Å². The van der Waals surface area contributed by atoms with Gasteiger partial charge in [0.15, 0.2) is 11.5 Å². The number of rotatable bonds is 3. The van der Waals surface area contributed by atoms with Gasteiger partial charge >= 0.3 is 6.03 Å². The van der Waals surface area contributed by atoms with Gasteiger partial charge in [0.2, 0.25) is 0 Å². The summed E-state index contributed by atoms with van der Waals surface area (Å²) in [6, 6.07) is 18.9. The van der Waals surface area contributed by atoms with Crippen LogP contribution in [0.15, 0.2) is 60.7 Å². The molecule has 1 unspecified atom stereocenters. The topological polar surface area (TPSA) is 67.9 Å². The third-order valence-electron chi connectivity index (χ3n) is 5.81. The van der Waals surface area contributed by atoms with Gasteiger partial charge in [0.1, 0.15) is 5.54 Å². The van der Waals surface area contributed by atoms with E-state index in [0.717, 1.165) is 22.8 Å². The molecule has 0 radical (unpaired) electrons. The predicted molar refractivity (Wildman–Crippen MR) is 112 cm³/mol. The summed E-state index contributed by atoms with van der Waals surface area (Å²) < 4.78 is 11.4. The first kappa shape index (κ1) is 18.5. The van der Waals surface area contributed by atoms with E-state index in [0.29, 0.717) is 30.3 Å². The third kappa shape index (κ3) is 2.96. The standard InChI is InChI=1S/C24H22N2O4/c1-24(18-10-11-20-21(14-18)30-13-5-12-29-20)22(27)26(23(28)25-24)15-17-8-4-7-16-6-2-3-9-19(16)17/h2-4,6-11,14H,5,12-13,15H2,1H3,(H,25,28). The number of nitrogens with one attached hydrogen (secondary N) is 1. The van der Waals surface area contributed by atoms with Gasteiger partial charge < -0.3 is 14.8 Å². The molecule has 6 nitrogen and oxygen atoms in total. The van der Waals surface area contributed by atoms with Crippen molar-refractivity contribution in [2.75, 3.05) is 13.2 Å². The second-order valence-electron chi connectivity index (χ2n) is 7.80. The van der Waals surface area contributed by atoms with Crippen molar-refractivity contribution in [3.8, 4) is 11.5 Å². The summed E-state index contributed by atoms with van der Waals surface area (Å²) >= 11 is 0. The number of carbonyl (C=O) groups is 2. The Bertz CT molecular complexity index is 1150. The third-order valence-corrected chi connectivity index (χ3v) is 5.81. The maximum atomic E-state index is 13.4. The molecule has 3 aromatic rings. The number of hydrogen-bond acceptors (Lipinski definition) is 4. The Labute approximate surface area is 174 Å². The largest absolute Gasteiger partial charge is 0.490 e. The van der Waals surface area contributed by atoms with E-state index < -0.39 is 11.6 Å². The fourth-order valence-corrected chi connectivity index (χ4v) is 4.11. The fourth-order valence-electron chi connectivity index (χ4n) is 4.11. The molecule has 1 atom stereocenters. The molecule has 0 bridgehead atoms. The van der Waals surface area contributed by atoms with Gasteiger partial charge in [0.05, 0.1) is 19.8 Å². The Hall–Kier alpha value is -3.54. The van der Waals surface area contributed by atoms with Gasteiger partial charge in [-0.1, -0.05) is 48.5 Å². The lowest BCUT2D eigenvalue weighted by molar-refractivity contribution is -0.131.